The Labute approximate surface area is 211 Å². The first kappa shape index (κ1) is 26.8. The van der Waals surface area contributed by atoms with Crippen molar-refractivity contribution in [2.24, 2.45) is 0 Å². The number of sulfonamides is 1. The first-order valence-corrected chi connectivity index (χ1v) is 16.0. The largest absolute Gasteiger partial charge is 0.543 e. The summed E-state index contributed by atoms with van der Waals surface area (Å²) in [6.07, 6.45) is 4.67. The summed E-state index contributed by atoms with van der Waals surface area (Å²) < 4.78 is 33.1. The average molecular weight is 512 g/mol. The second-order valence-electron chi connectivity index (χ2n) is 9.99. The van der Waals surface area contributed by atoms with Crippen LogP contribution < -0.4 is 14.5 Å². The molecule has 35 heavy (non-hydrogen) atoms. The van der Waals surface area contributed by atoms with Crippen molar-refractivity contribution in [3.05, 3.63) is 67.0 Å². The minimum atomic E-state index is -3.37. The van der Waals surface area contributed by atoms with E-state index in [2.05, 4.69) is 62.6 Å². The van der Waals surface area contributed by atoms with Crippen molar-refractivity contribution >= 4 is 35.4 Å². The molecular formula is C27H37N3O3SSi. The molecule has 0 atom stereocenters. The van der Waals surface area contributed by atoms with Gasteiger partial charge in [0, 0.05) is 23.6 Å². The number of nitrogens with one attached hydrogen (secondary N) is 2. The number of aromatic nitrogens is 1. The normalized spacial score (nSPS) is 12.3. The number of pyridine rings is 1. The molecule has 0 aliphatic carbocycles. The molecule has 188 valence electrons. The summed E-state index contributed by atoms with van der Waals surface area (Å²) in [5.41, 5.74) is 5.41. The Bertz CT molecular complexity index is 1220. The summed E-state index contributed by atoms with van der Waals surface area (Å²) >= 11 is 0. The van der Waals surface area contributed by atoms with Gasteiger partial charge in [-0.2, -0.15) is 0 Å². The highest BCUT2D eigenvalue weighted by atomic mass is 32.2. The van der Waals surface area contributed by atoms with Gasteiger partial charge < -0.3 is 9.74 Å². The van der Waals surface area contributed by atoms with Crippen LogP contribution in [0.2, 0.25) is 16.6 Å². The van der Waals surface area contributed by atoms with Crippen molar-refractivity contribution in [2.45, 2.75) is 58.2 Å². The van der Waals surface area contributed by atoms with Gasteiger partial charge in [-0.3, -0.25) is 9.71 Å². The van der Waals surface area contributed by atoms with E-state index < -0.39 is 18.3 Å². The average Bonchev–Trinajstić information content (AvgIpc) is 2.76. The molecule has 2 aromatic carbocycles. The Hall–Kier alpha value is -2.84. The molecule has 6 nitrogen and oxygen atoms in total. The third-order valence-corrected chi connectivity index (χ3v) is 13.0. The predicted octanol–water partition coefficient (Wildman–Crippen LogP) is 7.42. The Morgan fingerprint density at radius 1 is 0.800 bits per heavy atom. The molecule has 0 saturated heterocycles. The lowest BCUT2D eigenvalue weighted by molar-refractivity contribution is 0.480. The molecule has 0 unspecified atom stereocenters. The Kier molecular flexibility index (Phi) is 8.28. The van der Waals surface area contributed by atoms with Gasteiger partial charge in [0.1, 0.15) is 5.75 Å². The van der Waals surface area contributed by atoms with Gasteiger partial charge in [-0.05, 0) is 64.1 Å². The Balaban J connectivity index is 2.12. The molecule has 8 heteroatoms. The minimum Gasteiger partial charge on any atom is -0.543 e. The smallest absolute Gasteiger partial charge is 0.258 e. The van der Waals surface area contributed by atoms with Crippen LogP contribution in [-0.4, -0.2) is 28.0 Å². The molecule has 0 amide bonds. The zero-order valence-corrected chi connectivity index (χ0v) is 23.5. The van der Waals surface area contributed by atoms with Crippen molar-refractivity contribution in [1.29, 1.82) is 0 Å². The molecule has 1 heterocycles. The van der Waals surface area contributed by atoms with Gasteiger partial charge >= 0.3 is 0 Å². The highest BCUT2D eigenvalue weighted by Gasteiger charge is 2.47. The highest BCUT2D eigenvalue weighted by Crippen LogP contribution is 2.44. The van der Waals surface area contributed by atoms with Crippen LogP contribution in [0, 0.1) is 0 Å². The zero-order chi connectivity index (χ0) is 25.8. The van der Waals surface area contributed by atoms with Gasteiger partial charge in [-0.25, -0.2) is 8.42 Å². The predicted molar refractivity (Wildman–Crippen MR) is 150 cm³/mol. The number of hydrogen-bond acceptors (Lipinski definition) is 5. The lowest BCUT2D eigenvalue weighted by Gasteiger charge is -2.42. The van der Waals surface area contributed by atoms with Crippen LogP contribution in [-0.2, 0) is 10.0 Å². The highest BCUT2D eigenvalue weighted by molar-refractivity contribution is 7.92. The van der Waals surface area contributed by atoms with E-state index in [1.807, 2.05) is 42.5 Å². The molecular weight excluding hydrogens is 474 g/mol. The van der Waals surface area contributed by atoms with E-state index in [4.69, 9.17) is 4.43 Å². The molecule has 0 aliphatic rings. The summed E-state index contributed by atoms with van der Waals surface area (Å²) in [6, 6.07) is 17.4. The monoisotopic (exact) mass is 511 g/mol. The lowest BCUT2D eigenvalue weighted by Crippen LogP contribution is -2.50. The SMILES string of the molecule is CC(C)[Si](Oc1cc(Nc2cccnc2)cc(-c2cccc(NS(C)(=O)=O)c2)c1)(C(C)C)C(C)C. The molecule has 1 aromatic heterocycles. The van der Waals surface area contributed by atoms with Crippen LogP contribution in [0.1, 0.15) is 41.5 Å². The van der Waals surface area contributed by atoms with E-state index in [0.717, 1.165) is 34.5 Å². The zero-order valence-electron chi connectivity index (χ0n) is 21.7. The number of hydrogen-bond donors (Lipinski definition) is 2. The van der Waals surface area contributed by atoms with Crippen LogP contribution in [0.15, 0.2) is 67.0 Å². The Morgan fingerprint density at radius 2 is 1.43 bits per heavy atom. The Morgan fingerprint density at radius 3 is 2.00 bits per heavy atom. The van der Waals surface area contributed by atoms with Crippen LogP contribution in [0.25, 0.3) is 11.1 Å². The van der Waals surface area contributed by atoms with Crippen LogP contribution in [0.4, 0.5) is 17.1 Å². The molecule has 0 aliphatic heterocycles. The summed E-state index contributed by atoms with van der Waals surface area (Å²) in [5, 5.41) is 3.44. The standard InChI is InChI=1S/C27H37N3O3SSi/c1-19(2)35(20(3)4,21(5)6)33-27-16-23(15-26(17-27)29-25-12-9-13-28-18-25)22-10-8-11-24(14-22)30-34(7,31)32/h8-21,29-30H,1-7H3. The van der Waals surface area contributed by atoms with E-state index >= 15 is 0 Å². The number of nitrogens with zero attached hydrogens (tertiary/aromatic N) is 1. The molecule has 0 radical (unpaired) electrons. The fraction of sp³-hybridized carbons (Fsp3) is 0.370. The van der Waals surface area contributed by atoms with E-state index in [1.54, 1.807) is 18.5 Å². The molecule has 0 fully saturated rings. The molecule has 0 bridgehead atoms. The van der Waals surface area contributed by atoms with Crippen molar-refractivity contribution < 1.29 is 12.8 Å². The maximum atomic E-state index is 11.8. The van der Waals surface area contributed by atoms with Gasteiger partial charge in [0.2, 0.25) is 10.0 Å². The third kappa shape index (κ3) is 6.64. The van der Waals surface area contributed by atoms with Crippen LogP contribution >= 0.6 is 0 Å². The van der Waals surface area contributed by atoms with Gasteiger partial charge in [0.15, 0.2) is 0 Å². The van der Waals surface area contributed by atoms with Gasteiger partial charge in [0.25, 0.3) is 8.32 Å². The number of benzene rings is 2. The molecule has 2 N–H and O–H groups in total. The topological polar surface area (TPSA) is 80.3 Å². The quantitative estimate of drug-likeness (QED) is 0.277. The van der Waals surface area contributed by atoms with Crippen molar-refractivity contribution in [2.75, 3.05) is 16.3 Å². The maximum Gasteiger partial charge on any atom is 0.258 e. The summed E-state index contributed by atoms with van der Waals surface area (Å²) in [6.45, 7) is 13.6. The van der Waals surface area contributed by atoms with E-state index in [-0.39, 0.29) is 0 Å². The fourth-order valence-electron chi connectivity index (χ4n) is 5.03. The van der Waals surface area contributed by atoms with Crippen molar-refractivity contribution in [3.63, 3.8) is 0 Å². The summed E-state index contributed by atoms with van der Waals surface area (Å²) in [7, 11) is -5.56. The van der Waals surface area contributed by atoms with Crippen molar-refractivity contribution in [1.82, 2.24) is 4.98 Å². The van der Waals surface area contributed by atoms with Gasteiger partial charge in [0.05, 0.1) is 18.1 Å². The number of rotatable bonds is 10. The maximum absolute atomic E-state index is 11.8. The molecule has 0 saturated carbocycles. The minimum absolute atomic E-state index is 0.433. The summed E-state index contributed by atoms with van der Waals surface area (Å²) in [4.78, 5) is 4.21. The second kappa shape index (κ2) is 10.8. The van der Waals surface area contributed by atoms with E-state index in [1.165, 1.54) is 0 Å². The van der Waals surface area contributed by atoms with Crippen LogP contribution in [0.3, 0.4) is 0 Å². The van der Waals surface area contributed by atoms with Gasteiger partial charge in [-0.15, -0.1) is 0 Å². The van der Waals surface area contributed by atoms with E-state index in [9.17, 15) is 8.42 Å². The van der Waals surface area contributed by atoms with Gasteiger partial charge in [-0.1, -0.05) is 53.7 Å². The van der Waals surface area contributed by atoms with Crippen LogP contribution in [0.5, 0.6) is 5.75 Å². The number of anilines is 3. The third-order valence-electron chi connectivity index (χ3n) is 6.36. The van der Waals surface area contributed by atoms with E-state index in [0.29, 0.717) is 22.3 Å². The second-order valence-corrected chi connectivity index (χ2v) is 17.1. The summed E-state index contributed by atoms with van der Waals surface area (Å²) in [5.74, 6) is 0.818. The molecule has 3 rings (SSSR count). The lowest BCUT2D eigenvalue weighted by atomic mass is 10.0. The fourth-order valence-corrected chi connectivity index (χ4v) is 10.8. The molecule has 3 aromatic rings. The first-order valence-electron chi connectivity index (χ1n) is 12.0. The molecule has 0 spiro atoms. The van der Waals surface area contributed by atoms with Crippen molar-refractivity contribution in [3.8, 4) is 16.9 Å². The first-order chi connectivity index (χ1) is 16.4.